The fraction of sp³-hybridized carbons (Fsp3) is 0.371. The van der Waals surface area contributed by atoms with Crippen LogP contribution in [0.25, 0.3) is 11.0 Å². The summed E-state index contributed by atoms with van der Waals surface area (Å²) < 4.78 is 7.23. The van der Waals surface area contributed by atoms with E-state index >= 15 is 0 Å². The minimum absolute atomic E-state index is 0.0426. The topological polar surface area (TPSA) is 126 Å². The monoisotopic (exact) mass is 636 g/mol. The second-order valence-electron chi connectivity index (χ2n) is 12.1. The lowest BCUT2D eigenvalue weighted by atomic mass is 10.1. The second kappa shape index (κ2) is 14.0. The van der Waals surface area contributed by atoms with Crippen LogP contribution < -0.4 is 15.0 Å². The van der Waals surface area contributed by atoms with Crippen LogP contribution in [0.15, 0.2) is 67.0 Å². The SMILES string of the molecule is COc1ccc(C(=O)/C=C/C(=O)N2CCCN(c3ccc(Nc4ncc5cc(C(=O)N(C)C)n(C6CCCC6)c5n4)nc3)CC2)cc1. The van der Waals surface area contributed by atoms with Crippen molar-refractivity contribution in [3.8, 4) is 5.75 Å². The quantitative estimate of drug-likeness (QED) is 0.202. The Kier molecular flexibility index (Phi) is 9.46. The van der Waals surface area contributed by atoms with Crippen molar-refractivity contribution in [2.24, 2.45) is 0 Å². The fourth-order valence-electron chi connectivity index (χ4n) is 6.26. The molecule has 2 amide bonds. The van der Waals surface area contributed by atoms with Gasteiger partial charge in [0.1, 0.15) is 22.9 Å². The molecule has 1 aromatic carbocycles. The number of carbonyl (C=O) groups excluding carboxylic acids is 3. The van der Waals surface area contributed by atoms with E-state index in [2.05, 4.69) is 24.8 Å². The molecule has 0 spiro atoms. The zero-order valence-corrected chi connectivity index (χ0v) is 27.1. The van der Waals surface area contributed by atoms with Crippen molar-refractivity contribution < 1.29 is 19.1 Å². The lowest BCUT2D eigenvalue weighted by Gasteiger charge is -2.23. The van der Waals surface area contributed by atoms with Crippen molar-refractivity contribution in [2.45, 2.75) is 38.1 Å². The van der Waals surface area contributed by atoms with Gasteiger partial charge in [0.25, 0.3) is 5.91 Å². The Morgan fingerprint density at radius 3 is 2.40 bits per heavy atom. The highest BCUT2D eigenvalue weighted by atomic mass is 16.5. The normalized spacial score (nSPS) is 15.6. The summed E-state index contributed by atoms with van der Waals surface area (Å²) in [5.74, 6) is 1.24. The summed E-state index contributed by atoms with van der Waals surface area (Å²) in [6, 6.07) is 12.8. The number of nitrogens with one attached hydrogen (secondary N) is 1. The molecule has 1 saturated heterocycles. The molecule has 244 valence electrons. The molecule has 3 aromatic heterocycles. The van der Waals surface area contributed by atoms with E-state index in [-0.39, 0.29) is 23.6 Å². The van der Waals surface area contributed by atoms with Gasteiger partial charge >= 0.3 is 0 Å². The summed E-state index contributed by atoms with van der Waals surface area (Å²) >= 11 is 0. The zero-order chi connectivity index (χ0) is 32.9. The van der Waals surface area contributed by atoms with Crippen molar-refractivity contribution in [1.82, 2.24) is 29.3 Å². The number of pyridine rings is 1. The number of ketones is 1. The third-order valence-electron chi connectivity index (χ3n) is 8.80. The van der Waals surface area contributed by atoms with Crippen molar-refractivity contribution in [3.63, 3.8) is 0 Å². The highest BCUT2D eigenvalue weighted by Gasteiger charge is 2.26. The van der Waals surface area contributed by atoms with E-state index in [0.717, 1.165) is 55.4 Å². The molecule has 0 atom stereocenters. The number of rotatable bonds is 9. The summed E-state index contributed by atoms with van der Waals surface area (Å²) in [4.78, 5) is 57.9. The van der Waals surface area contributed by atoms with Gasteiger partial charge in [0.15, 0.2) is 5.78 Å². The molecule has 1 saturated carbocycles. The maximum atomic E-state index is 13.0. The molecule has 6 rings (SSSR count). The molecular formula is C35H40N8O4. The third kappa shape index (κ3) is 7.11. The van der Waals surface area contributed by atoms with Gasteiger partial charge in [0, 0.05) is 69.5 Å². The van der Waals surface area contributed by atoms with Gasteiger partial charge in [0.05, 0.1) is 19.0 Å². The fourth-order valence-corrected chi connectivity index (χ4v) is 6.26. The maximum Gasteiger partial charge on any atom is 0.270 e. The number of nitrogens with zero attached hydrogens (tertiary/aromatic N) is 7. The Morgan fingerprint density at radius 1 is 0.915 bits per heavy atom. The van der Waals surface area contributed by atoms with Crippen molar-refractivity contribution in [1.29, 1.82) is 0 Å². The molecule has 4 heterocycles. The van der Waals surface area contributed by atoms with E-state index in [1.54, 1.807) is 67.7 Å². The molecule has 0 unspecified atom stereocenters. The molecule has 1 N–H and O–H groups in total. The van der Waals surface area contributed by atoms with E-state index in [4.69, 9.17) is 9.72 Å². The predicted molar refractivity (Wildman–Crippen MR) is 180 cm³/mol. The first-order chi connectivity index (χ1) is 22.8. The minimum Gasteiger partial charge on any atom is -0.497 e. The summed E-state index contributed by atoms with van der Waals surface area (Å²) in [6.07, 6.45) is 11.4. The molecule has 2 fully saturated rings. The number of amides is 2. The zero-order valence-electron chi connectivity index (χ0n) is 27.1. The van der Waals surface area contributed by atoms with Crippen LogP contribution in [-0.4, -0.2) is 94.3 Å². The van der Waals surface area contributed by atoms with E-state index in [1.165, 1.54) is 12.2 Å². The van der Waals surface area contributed by atoms with E-state index in [0.29, 0.717) is 48.4 Å². The summed E-state index contributed by atoms with van der Waals surface area (Å²) in [5.41, 5.74) is 2.84. The predicted octanol–water partition coefficient (Wildman–Crippen LogP) is 4.87. The molecule has 0 bridgehead atoms. The Balaban J connectivity index is 1.09. The first-order valence-electron chi connectivity index (χ1n) is 16.0. The summed E-state index contributed by atoms with van der Waals surface area (Å²) in [6.45, 7) is 2.56. The number of allylic oxidation sites excluding steroid dienone is 1. The van der Waals surface area contributed by atoms with Crippen molar-refractivity contribution in [2.75, 3.05) is 57.6 Å². The number of anilines is 3. The Labute approximate surface area is 274 Å². The molecule has 47 heavy (non-hydrogen) atoms. The molecular weight excluding hydrogens is 596 g/mol. The van der Waals surface area contributed by atoms with Crippen LogP contribution in [0, 0.1) is 0 Å². The second-order valence-corrected chi connectivity index (χ2v) is 12.1. The molecule has 2 aliphatic rings. The highest BCUT2D eigenvalue weighted by molar-refractivity contribution is 6.07. The van der Waals surface area contributed by atoms with E-state index in [9.17, 15) is 14.4 Å². The molecule has 12 heteroatoms. The number of hydrogen-bond donors (Lipinski definition) is 1. The number of benzene rings is 1. The Hall–Kier alpha value is -5.26. The number of aromatic nitrogens is 4. The maximum absolute atomic E-state index is 13.0. The van der Waals surface area contributed by atoms with E-state index < -0.39 is 0 Å². The third-order valence-corrected chi connectivity index (χ3v) is 8.80. The number of methoxy groups -OCH3 is 1. The van der Waals surface area contributed by atoms with Crippen LogP contribution in [0.3, 0.4) is 0 Å². The van der Waals surface area contributed by atoms with Gasteiger partial charge in [-0.05, 0) is 67.8 Å². The first-order valence-corrected chi connectivity index (χ1v) is 16.0. The summed E-state index contributed by atoms with van der Waals surface area (Å²) in [5, 5.41) is 4.06. The molecule has 4 aromatic rings. The van der Waals surface area contributed by atoms with Crippen molar-refractivity contribution in [3.05, 3.63) is 78.3 Å². The van der Waals surface area contributed by atoms with Gasteiger partial charge in [-0.3, -0.25) is 14.4 Å². The highest BCUT2D eigenvalue weighted by Crippen LogP contribution is 2.35. The Morgan fingerprint density at radius 2 is 1.70 bits per heavy atom. The largest absolute Gasteiger partial charge is 0.497 e. The van der Waals surface area contributed by atoms with Gasteiger partial charge in [-0.15, -0.1) is 0 Å². The first kappa shape index (κ1) is 31.7. The molecule has 1 aliphatic carbocycles. The number of ether oxygens (including phenoxy) is 1. The minimum atomic E-state index is -0.227. The van der Waals surface area contributed by atoms with E-state index in [1.807, 2.05) is 18.2 Å². The molecule has 12 nitrogen and oxygen atoms in total. The summed E-state index contributed by atoms with van der Waals surface area (Å²) in [7, 11) is 5.10. The van der Waals surface area contributed by atoms with Crippen LogP contribution in [0.5, 0.6) is 5.75 Å². The van der Waals surface area contributed by atoms with Gasteiger partial charge in [-0.2, -0.15) is 4.98 Å². The lowest BCUT2D eigenvalue weighted by Crippen LogP contribution is -2.34. The Bertz CT molecular complexity index is 1780. The van der Waals surface area contributed by atoms with Gasteiger partial charge in [-0.1, -0.05) is 12.8 Å². The standard InChI is InChI=1S/C35H40N8O4/c1-40(2)34(46)29-21-25-22-37-35(39-33(25)43(29)26-7-4-5-8-26)38-31-15-11-27(23-36-31)41-17-6-18-42(20-19-41)32(45)16-14-30(44)24-9-12-28(47-3)13-10-24/h9-16,21-23,26H,4-8,17-20H2,1-3H3,(H,36,37,38,39)/b16-14+. The average Bonchev–Trinajstić information content (AvgIpc) is 3.68. The van der Waals surface area contributed by atoms with Crippen LogP contribution in [0.4, 0.5) is 17.5 Å². The van der Waals surface area contributed by atoms with Crippen LogP contribution in [0.2, 0.25) is 0 Å². The number of carbonyl (C=O) groups is 3. The van der Waals surface area contributed by atoms with Gasteiger partial charge < -0.3 is 29.3 Å². The average molecular weight is 637 g/mol. The molecule has 1 aliphatic heterocycles. The number of fused-ring (bicyclic) bond motifs is 1. The smallest absolute Gasteiger partial charge is 0.270 e. The molecule has 0 radical (unpaired) electrons. The van der Waals surface area contributed by atoms with Crippen LogP contribution in [-0.2, 0) is 4.79 Å². The van der Waals surface area contributed by atoms with Crippen molar-refractivity contribution >= 4 is 46.1 Å². The van der Waals surface area contributed by atoms with Gasteiger partial charge in [-0.25, -0.2) is 9.97 Å². The lowest BCUT2D eigenvalue weighted by molar-refractivity contribution is -0.125. The van der Waals surface area contributed by atoms with Gasteiger partial charge in [0.2, 0.25) is 11.9 Å². The van der Waals surface area contributed by atoms with Crippen LogP contribution >= 0.6 is 0 Å². The van der Waals surface area contributed by atoms with Crippen LogP contribution in [0.1, 0.15) is 59.0 Å². The number of hydrogen-bond acceptors (Lipinski definition) is 9.